The molecule has 116 valence electrons. The molecule has 1 amide bonds. The van der Waals surface area contributed by atoms with Crippen molar-refractivity contribution < 1.29 is 14.3 Å². The Bertz CT molecular complexity index is 553. The summed E-state index contributed by atoms with van der Waals surface area (Å²) in [6.45, 7) is 5.77. The van der Waals surface area contributed by atoms with E-state index in [-0.39, 0.29) is 29.8 Å². The molecule has 7 nitrogen and oxygen atoms in total. The van der Waals surface area contributed by atoms with Crippen molar-refractivity contribution >= 4 is 11.9 Å². The second-order valence-corrected chi connectivity index (χ2v) is 4.73. The van der Waals surface area contributed by atoms with Gasteiger partial charge in [0, 0.05) is 18.7 Å². The van der Waals surface area contributed by atoms with Crippen LogP contribution in [0.5, 0.6) is 0 Å². The molecule has 1 heterocycles. The summed E-state index contributed by atoms with van der Waals surface area (Å²) in [5.41, 5.74) is -0.262. The van der Waals surface area contributed by atoms with Crippen LogP contribution >= 0.6 is 0 Å². The fourth-order valence-corrected chi connectivity index (χ4v) is 1.55. The summed E-state index contributed by atoms with van der Waals surface area (Å²) in [4.78, 5) is 34.8. The van der Waals surface area contributed by atoms with Crippen LogP contribution in [0.15, 0.2) is 16.9 Å². The Morgan fingerprint density at radius 3 is 2.71 bits per heavy atom. The van der Waals surface area contributed by atoms with Gasteiger partial charge in [-0.15, -0.1) is 0 Å². The number of nitrogens with one attached hydrogen (secondary N) is 1. The molecule has 1 atom stereocenters. The molecule has 7 heteroatoms. The van der Waals surface area contributed by atoms with Gasteiger partial charge >= 0.3 is 5.97 Å². The van der Waals surface area contributed by atoms with Crippen LogP contribution in [-0.4, -0.2) is 34.3 Å². The van der Waals surface area contributed by atoms with E-state index in [9.17, 15) is 14.4 Å². The summed E-state index contributed by atoms with van der Waals surface area (Å²) in [5.74, 6) is -1.08. The van der Waals surface area contributed by atoms with Gasteiger partial charge in [0.15, 0.2) is 12.3 Å². The van der Waals surface area contributed by atoms with Gasteiger partial charge in [-0.25, -0.2) is 9.48 Å². The van der Waals surface area contributed by atoms with E-state index < -0.39 is 5.97 Å². The fourth-order valence-electron chi connectivity index (χ4n) is 1.55. The largest absolute Gasteiger partial charge is 0.451 e. The van der Waals surface area contributed by atoms with Crippen LogP contribution in [0, 0.1) is 0 Å². The van der Waals surface area contributed by atoms with E-state index in [1.165, 1.54) is 16.8 Å². The van der Waals surface area contributed by atoms with Crippen molar-refractivity contribution in [2.45, 2.75) is 46.2 Å². The van der Waals surface area contributed by atoms with Crippen LogP contribution in [0.25, 0.3) is 0 Å². The quantitative estimate of drug-likeness (QED) is 0.749. The molecule has 0 aliphatic rings. The van der Waals surface area contributed by atoms with E-state index in [2.05, 4.69) is 10.4 Å². The molecule has 0 fully saturated rings. The van der Waals surface area contributed by atoms with E-state index in [1.54, 1.807) is 0 Å². The normalized spacial score (nSPS) is 11.8. The molecule has 0 spiro atoms. The molecule has 0 aliphatic heterocycles. The smallest absolute Gasteiger partial charge is 0.359 e. The molecule has 1 rings (SSSR count). The Hall–Kier alpha value is -2.18. The van der Waals surface area contributed by atoms with Crippen molar-refractivity contribution in [2.24, 2.45) is 0 Å². The van der Waals surface area contributed by atoms with Gasteiger partial charge in [-0.1, -0.05) is 13.8 Å². The number of carbonyl (C=O) groups excluding carboxylic acids is 2. The van der Waals surface area contributed by atoms with E-state index >= 15 is 0 Å². The number of aryl methyl sites for hydroxylation is 1. The van der Waals surface area contributed by atoms with Gasteiger partial charge in [0.1, 0.15) is 0 Å². The van der Waals surface area contributed by atoms with Gasteiger partial charge < -0.3 is 10.1 Å². The first-order chi connectivity index (χ1) is 9.97. The number of esters is 1. The molecule has 1 aromatic heterocycles. The second kappa shape index (κ2) is 8.18. The van der Waals surface area contributed by atoms with Crippen LogP contribution in [0.3, 0.4) is 0 Å². The van der Waals surface area contributed by atoms with Crippen molar-refractivity contribution in [2.75, 3.05) is 6.61 Å². The number of hydrogen-bond donors (Lipinski definition) is 1. The molecule has 21 heavy (non-hydrogen) atoms. The van der Waals surface area contributed by atoms with Crippen molar-refractivity contribution in [3.8, 4) is 0 Å². The summed E-state index contributed by atoms with van der Waals surface area (Å²) in [7, 11) is 0. The van der Waals surface area contributed by atoms with E-state index in [1.807, 2.05) is 20.8 Å². The lowest BCUT2D eigenvalue weighted by atomic mass is 10.2. The Labute approximate surface area is 123 Å². The monoisotopic (exact) mass is 295 g/mol. The van der Waals surface area contributed by atoms with Crippen molar-refractivity contribution in [3.63, 3.8) is 0 Å². The Morgan fingerprint density at radius 2 is 2.10 bits per heavy atom. The van der Waals surface area contributed by atoms with Gasteiger partial charge in [-0.05, 0) is 25.8 Å². The SMILES string of the molecule is CCCn1nc(C(=O)OCC(=O)NC(C)CC)ccc1=O. The van der Waals surface area contributed by atoms with Crippen molar-refractivity contribution in [3.05, 3.63) is 28.2 Å². The molecule has 1 aromatic rings. The molecule has 0 radical (unpaired) electrons. The lowest BCUT2D eigenvalue weighted by molar-refractivity contribution is -0.124. The van der Waals surface area contributed by atoms with E-state index in [4.69, 9.17) is 4.74 Å². The summed E-state index contributed by atoms with van der Waals surface area (Å²) >= 11 is 0. The highest BCUT2D eigenvalue weighted by molar-refractivity contribution is 5.89. The van der Waals surface area contributed by atoms with Gasteiger partial charge in [0.2, 0.25) is 0 Å². The maximum atomic E-state index is 11.8. The first kappa shape index (κ1) is 16.9. The average molecular weight is 295 g/mol. The Kier molecular flexibility index (Phi) is 6.58. The van der Waals surface area contributed by atoms with Crippen molar-refractivity contribution in [1.29, 1.82) is 0 Å². The van der Waals surface area contributed by atoms with Gasteiger partial charge in [0.05, 0.1) is 0 Å². The number of ether oxygens (including phenoxy) is 1. The molecule has 0 aromatic carbocycles. The molecule has 0 bridgehead atoms. The Morgan fingerprint density at radius 1 is 1.38 bits per heavy atom. The molecular formula is C14H21N3O4. The number of nitrogens with zero attached hydrogens (tertiary/aromatic N) is 2. The first-order valence-electron chi connectivity index (χ1n) is 7.02. The van der Waals surface area contributed by atoms with Crippen molar-refractivity contribution in [1.82, 2.24) is 15.1 Å². The summed E-state index contributed by atoms with van der Waals surface area (Å²) in [5, 5.41) is 6.60. The lowest BCUT2D eigenvalue weighted by Gasteiger charge is -2.11. The number of hydrogen-bond acceptors (Lipinski definition) is 5. The summed E-state index contributed by atoms with van der Waals surface area (Å²) < 4.78 is 6.08. The lowest BCUT2D eigenvalue weighted by Crippen LogP contribution is -2.35. The minimum Gasteiger partial charge on any atom is -0.451 e. The number of rotatable bonds is 7. The topological polar surface area (TPSA) is 90.3 Å². The van der Waals surface area contributed by atoms with Gasteiger partial charge in [-0.2, -0.15) is 5.10 Å². The highest BCUT2D eigenvalue weighted by Crippen LogP contribution is 1.96. The average Bonchev–Trinajstić information content (AvgIpc) is 2.47. The van der Waals surface area contributed by atoms with Crippen LogP contribution in [0.4, 0.5) is 0 Å². The standard InChI is InChI=1S/C14H21N3O4/c1-4-8-17-13(19)7-6-11(16-17)14(20)21-9-12(18)15-10(3)5-2/h6-7,10H,4-5,8-9H2,1-3H3,(H,15,18). The molecule has 1 N–H and O–H groups in total. The minimum atomic E-state index is -0.723. The minimum absolute atomic E-state index is 0.0133. The van der Waals surface area contributed by atoms with Gasteiger partial charge in [0.25, 0.3) is 11.5 Å². The number of carbonyl (C=O) groups is 2. The summed E-state index contributed by atoms with van der Waals surface area (Å²) in [6, 6.07) is 2.59. The third-order valence-corrected chi connectivity index (χ3v) is 2.87. The number of amides is 1. The van der Waals surface area contributed by atoms with Crippen LogP contribution < -0.4 is 10.9 Å². The van der Waals surface area contributed by atoms with E-state index in [0.717, 1.165) is 12.8 Å². The second-order valence-electron chi connectivity index (χ2n) is 4.73. The third-order valence-electron chi connectivity index (χ3n) is 2.87. The zero-order valence-corrected chi connectivity index (χ0v) is 12.6. The molecule has 1 unspecified atom stereocenters. The predicted octanol–water partition coefficient (Wildman–Crippen LogP) is 0.725. The third kappa shape index (κ3) is 5.37. The summed E-state index contributed by atoms with van der Waals surface area (Å²) in [6.07, 6.45) is 1.52. The predicted molar refractivity (Wildman–Crippen MR) is 77.0 cm³/mol. The Balaban J connectivity index is 2.62. The zero-order chi connectivity index (χ0) is 15.8. The van der Waals surface area contributed by atoms with E-state index in [0.29, 0.717) is 6.54 Å². The highest BCUT2D eigenvalue weighted by atomic mass is 16.5. The zero-order valence-electron chi connectivity index (χ0n) is 12.6. The number of aromatic nitrogens is 2. The fraction of sp³-hybridized carbons (Fsp3) is 0.571. The first-order valence-corrected chi connectivity index (χ1v) is 7.02. The molecule has 0 aliphatic carbocycles. The van der Waals surface area contributed by atoms with Crippen LogP contribution in [-0.2, 0) is 16.1 Å². The molecule has 0 saturated heterocycles. The van der Waals surface area contributed by atoms with Gasteiger partial charge in [-0.3, -0.25) is 9.59 Å². The molecular weight excluding hydrogens is 274 g/mol. The maximum Gasteiger partial charge on any atom is 0.359 e. The maximum absolute atomic E-state index is 11.8. The van der Waals surface area contributed by atoms with Crippen LogP contribution in [0.2, 0.25) is 0 Å². The van der Waals surface area contributed by atoms with Crippen LogP contribution in [0.1, 0.15) is 44.1 Å². The highest BCUT2D eigenvalue weighted by Gasteiger charge is 2.14. The molecule has 0 saturated carbocycles.